The summed E-state index contributed by atoms with van der Waals surface area (Å²) < 4.78 is 11.4. The first kappa shape index (κ1) is 21.2. The predicted molar refractivity (Wildman–Crippen MR) is 128 cm³/mol. The van der Waals surface area contributed by atoms with Gasteiger partial charge in [0.25, 0.3) is 5.91 Å². The number of hydrogen-bond acceptors (Lipinski definition) is 6. The van der Waals surface area contributed by atoms with Crippen molar-refractivity contribution in [3.05, 3.63) is 83.5 Å². The number of halogens is 1. The average Bonchev–Trinajstić information content (AvgIpc) is 2.85. The second-order valence-electron chi connectivity index (χ2n) is 7.57. The van der Waals surface area contributed by atoms with Crippen LogP contribution >= 0.6 is 11.6 Å². The Morgan fingerprint density at radius 3 is 2.55 bits per heavy atom. The van der Waals surface area contributed by atoms with Crippen LogP contribution in [0.5, 0.6) is 11.5 Å². The highest BCUT2D eigenvalue weighted by Gasteiger charge is 2.14. The van der Waals surface area contributed by atoms with E-state index < -0.39 is 0 Å². The monoisotopic (exact) mass is 460 g/mol. The minimum absolute atomic E-state index is 0.227. The molecule has 0 atom stereocenters. The van der Waals surface area contributed by atoms with E-state index in [9.17, 15) is 4.79 Å². The van der Waals surface area contributed by atoms with Gasteiger partial charge in [0.05, 0.1) is 30.4 Å². The van der Waals surface area contributed by atoms with Crippen LogP contribution in [0.3, 0.4) is 0 Å². The molecule has 5 rings (SSSR count). The lowest BCUT2D eigenvalue weighted by atomic mass is 10.2. The molecule has 1 aromatic heterocycles. The molecule has 0 spiro atoms. The Morgan fingerprint density at radius 2 is 1.76 bits per heavy atom. The standard InChI is InChI=1S/C25H21ClN4O3/c26-18-3-1-2-17(14-18)25(31)28-19-4-6-20(7-5-19)33-21-8-9-22-23(15-21)29-24(16-27-22)30-10-12-32-13-11-30/h1-9,14-16H,10-13H2,(H,28,31). The number of aromatic nitrogens is 2. The Labute approximate surface area is 195 Å². The molecular weight excluding hydrogens is 440 g/mol. The maximum absolute atomic E-state index is 12.4. The van der Waals surface area contributed by atoms with Gasteiger partial charge in [-0.25, -0.2) is 4.98 Å². The van der Waals surface area contributed by atoms with Gasteiger partial charge in [0.1, 0.15) is 17.3 Å². The second-order valence-corrected chi connectivity index (χ2v) is 8.01. The van der Waals surface area contributed by atoms with Crippen molar-refractivity contribution in [2.45, 2.75) is 0 Å². The highest BCUT2D eigenvalue weighted by Crippen LogP contribution is 2.27. The van der Waals surface area contributed by atoms with Crippen molar-refractivity contribution in [2.24, 2.45) is 0 Å². The van der Waals surface area contributed by atoms with Crippen LogP contribution in [0.15, 0.2) is 72.9 Å². The minimum Gasteiger partial charge on any atom is -0.457 e. The zero-order chi connectivity index (χ0) is 22.6. The molecule has 2 heterocycles. The summed E-state index contributed by atoms with van der Waals surface area (Å²) in [7, 11) is 0. The largest absolute Gasteiger partial charge is 0.457 e. The Bertz CT molecular complexity index is 1290. The van der Waals surface area contributed by atoms with Gasteiger partial charge >= 0.3 is 0 Å². The summed E-state index contributed by atoms with van der Waals surface area (Å²) in [6.45, 7) is 2.99. The number of nitrogens with one attached hydrogen (secondary N) is 1. The fourth-order valence-corrected chi connectivity index (χ4v) is 3.76. The number of nitrogens with zero attached hydrogens (tertiary/aromatic N) is 3. The maximum Gasteiger partial charge on any atom is 0.255 e. The van der Waals surface area contributed by atoms with Crippen LogP contribution in [0.2, 0.25) is 5.02 Å². The van der Waals surface area contributed by atoms with E-state index in [-0.39, 0.29) is 5.91 Å². The first-order chi connectivity index (χ1) is 16.1. The van der Waals surface area contributed by atoms with Crippen LogP contribution < -0.4 is 15.0 Å². The molecule has 4 aromatic rings. The molecule has 0 radical (unpaired) electrons. The van der Waals surface area contributed by atoms with Crippen LogP contribution in [0.1, 0.15) is 10.4 Å². The van der Waals surface area contributed by atoms with Gasteiger partial charge in [-0.2, -0.15) is 0 Å². The first-order valence-electron chi connectivity index (χ1n) is 10.6. The Hall–Kier alpha value is -3.68. The molecule has 1 saturated heterocycles. The summed E-state index contributed by atoms with van der Waals surface area (Å²) in [6.07, 6.45) is 1.80. The molecule has 1 aliphatic heterocycles. The molecule has 1 aliphatic rings. The molecule has 1 amide bonds. The lowest BCUT2D eigenvalue weighted by Gasteiger charge is -2.27. The van der Waals surface area contributed by atoms with Gasteiger partial charge in [-0.15, -0.1) is 0 Å². The quantitative estimate of drug-likeness (QED) is 0.443. The molecule has 1 N–H and O–H groups in total. The maximum atomic E-state index is 12.4. The molecule has 8 heteroatoms. The van der Waals surface area contributed by atoms with Gasteiger partial charge in [-0.05, 0) is 54.6 Å². The summed E-state index contributed by atoms with van der Waals surface area (Å²) in [5, 5.41) is 3.37. The molecule has 1 fully saturated rings. The van der Waals surface area contributed by atoms with E-state index in [1.54, 1.807) is 54.7 Å². The number of morpholine rings is 1. The van der Waals surface area contributed by atoms with Crippen molar-refractivity contribution >= 4 is 40.0 Å². The topological polar surface area (TPSA) is 76.6 Å². The SMILES string of the molecule is O=C(Nc1ccc(Oc2ccc3ncc(N4CCOCC4)nc3c2)cc1)c1cccc(Cl)c1. The third-order valence-electron chi connectivity index (χ3n) is 5.27. The van der Waals surface area contributed by atoms with E-state index in [4.69, 9.17) is 26.1 Å². The molecule has 0 aliphatic carbocycles. The number of carbonyl (C=O) groups excluding carboxylic acids is 1. The third-order valence-corrected chi connectivity index (χ3v) is 5.51. The van der Waals surface area contributed by atoms with Crippen molar-refractivity contribution in [2.75, 3.05) is 36.5 Å². The van der Waals surface area contributed by atoms with E-state index >= 15 is 0 Å². The minimum atomic E-state index is -0.227. The number of ether oxygens (including phenoxy) is 2. The van der Waals surface area contributed by atoms with Crippen LogP contribution in [0, 0.1) is 0 Å². The zero-order valence-electron chi connectivity index (χ0n) is 17.7. The van der Waals surface area contributed by atoms with Crippen molar-refractivity contribution in [1.82, 2.24) is 9.97 Å². The second kappa shape index (κ2) is 9.44. The Balaban J connectivity index is 1.28. The number of hydrogen-bond donors (Lipinski definition) is 1. The molecule has 166 valence electrons. The van der Waals surface area contributed by atoms with E-state index in [1.165, 1.54) is 0 Å². The van der Waals surface area contributed by atoms with Gasteiger partial charge in [0.2, 0.25) is 0 Å². The molecule has 3 aromatic carbocycles. The van der Waals surface area contributed by atoms with Gasteiger partial charge in [-0.3, -0.25) is 9.78 Å². The third kappa shape index (κ3) is 5.05. The number of rotatable bonds is 5. The van der Waals surface area contributed by atoms with Gasteiger partial charge < -0.3 is 19.7 Å². The van der Waals surface area contributed by atoms with Crippen molar-refractivity contribution in [1.29, 1.82) is 0 Å². The zero-order valence-corrected chi connectivity index (χ0v) is 18.5. The fraction of sp³-hybridized carbons (Fsp3) is 0.160. The molecule has 0 unspecified atom stereocenters. The summed E-state index contributed by atoms with van der Waals surface area (Å²) >= 11 is 5.96. The van der Waals surface area contributed by atoms with Crippen molar-refractivity contribution in [3.8, 4) is 11.5 Å². The Kier molecular flexibility index (Phi) is 6.06. The normalized spacial score (nSPS) is 13.7. The molecule has 33 heavy (non-hydrogen) atoms. The molecular formula is C25H21ClN4O3. The number of anilines is 2. The summed E-state index contributed by atoms with van der Waals surface area (Å²) in [5.41, 5.74) is 2.73. The van der Waals surface area contributed by atoms with Crippen molar-refractivity contribution in [3.63, 3.8) is 0 Å². The van der Waals surface area contributed by atoms with Crippen molar-refractivity contribution < 1.29 is 14.3 Å². The van der Waals surface area contributed by atoms with Crippen LogP contribution in [0.4, 0.5) is 11.5 Å². The van der Waals surface area contributed by atoms with Crippen LogP contribution in [-0.4, -0.2) is 42.2 Å². The summed E-state index contributed by atoms with van der Waals surface area (Å²) in [5.74, 6) is 1.91. The number of fused-ring (bicyclic) bond motifs is 1. The van der Waals surface area contributed by atoms with Gasteiger partial charge in [-0.1, -0.05) is 17.7 Å². The average molecular weight is 461 g/mol. The predicted octanol–water partition coefficient (Wildman–Crippen LogP) is 5.16. The summed E-state index contributed by atoms with van der Waals surface area (Å²) in [6, 6.07) is 19.6. The number of benzene rings is 3. The highest BCUT2D eigenvalue weighted by molar-refractivity contribution is 6.31. The Morgan fingerprint density at radius 1 is 0.970 bits per heavy atom. The number of carbonyl (C=O) groups is 1. The number of amides is 1. The first-order valence-corrected chi connectivity index (χ1v) is 11.0. The molecule has 7 nitrogen and oxygen atoms in total. The van der Waals surface area contributed by atoms with Gasteiger partial charge in [0.15, 0.2) is 0 Å². The summed E-state index contributed by atoms with van der Waals surface area (Å²) in [4.78, 5) is 23.8. The van der Waals surface area contributed by atoms with E-state index in [0.29, 0.717) is 41.0 Å². The smallest absolute Gasteiger partial charge is 0.255 e. The molecule has 0 saturated carbocycles. The highest BCUT2D eigenvalue weighted by atomic mass is 35.5. The molecule has 0 bridgehead atoms. The van der Waals surface area contributed by atoms with Crippen LogP contribution in [-0.2, 0) is 4.74 Å². The van der Waals surface area contributed by atoms with E-state index in [2.05, 4.69) is 15.2 Å². The fourth-order valence-electron chi connectivity index (χ4n) is 3.57. The van der Waals surface area contributed by atoms with Gasteiger partial charge in [0, 0.05) is 35.4 Å². The van der Waals surface area contributed by atoms with Crippen LogP contribution in [0.25, 0.3) is 11.0 Å². The lowest BCUT2D eigenvalue weighted by Crippen LogP contribution is -2.36. The van der Waals surface area contributed by atoms with E-state index in [1.807, 2.05) is 18.2 Å². The lowest BCUT2D eigenvalue weighted by molar-refractivity contribution is 0.102. The van der Waals surface area contributed by atoms with E-state index in [0.717, 1.165) is 29.9 Å².